The van der Waals surface area contributed by atoms with E-state index in [1.54, 1.807) is 0 Å². The van der Waals surface area contributed by atoms with Crippen LogP contribution in [0.15, 0.2) is 12.2 Å². The van der Waals surface area contributed by atoms with Crippen molar-refractivity contribution >= 4 is 18.5 Å². The number of rotatable bonds is 2. The molecule has 12 heavy (non-hydrogen) atoms. The van der Waals surface area contributed by atoms with Gasteiger partial charge in [-0.05, 0) is 5.92 Å². The van der Waals surface area contributed by atoms with Gasteiger partial charge in [-0.25, -0.2) is 0 Å². The van der Waals surface area contributed by atoms with Crippen molar-refractivity contribution in [1.29, 1.82) is 0 Å². The van der Waals surface area contributed by atoms with Gasteiger partial charge in [0.2, 0.25) is 5.91 Å². The number of hydrogen-bond acceptors (Lipinski definition) is 2. The summed E-state index contributed by atoms with van der Waals surface area (Å²) in [6.07, 6.45) is 4.03. The van der Waals surface area contributed by atoms with Gasteiger partial charge in [0, 0.05) is 13.1 Å². The summed E-state index contributed by atoms with van der Waals surface area (Å²) in [6, 6.07) is 0. The van der Waals surface area contributed by atoms with Crippen LogP contribution in [0.3, 0.4) is 0 Å². The van der Waals surface area contributed by atoms with E-state index < -0.39 is 0 Å². The maximum atomic E-state index is 11.6. The highest BCUT2D eigenvalue weighted by Crippen LogP contribution is 2.13. The first-order valence-electron chi connectivity index (χ1n) is 4.24. The standard InChI is InChI=1S/C9H15NOS/c1-7(2)8(12)9(11)10-5-3-4-6-10/h3-4,7-8,12H,5-6H2,1-2H3. The second-order valence-electron chi connectivity index (χ2n) is 3.40. The van der Waals surface area contributed by atoms with E-state index in [0.717, 1.165) is 13.1 Å². The summed E-state index contributed by atoms with van der Waals surface area (Å²) in [4.78, 5) is 13.4. The van der Waals surface area contributed by atoms with Crippen molar-refractivity contribution in [1.82, 2.24) is 4.90 Å². The van der Waals surface area contributed by atoms with E-state index >= 15 is 0 Å². The summed E-state index contributed by atoms with van der Waals surface area (Å²) in [6.45, 7) is 5.53. The minimum atomic E-state index is -0.148. The first-order chi connectivity index (χ1) is 5.63. The van der Waals surface area contributed by atoms with Gasteiger partial charge in [-0.3, -0.25) is 4.79 Å². The molecule has 3 heteroatoms. The third kappa shape index (κ3) is 2.03. The second kappa shape index (κ2) is 3.99. The molecule has 1 rings (SSSR count). The third-order valence-electron chi connectivity index (χ3n) is 2.01. The van der Waals surface area contributed by atoms with Crippen LogP contribution in [0.2, 0.25) is 0 Å². The Morgan fingerprint density at radius 2 is 1.92 bits per heavy atom. The quantitative estimate of drug-likeness (QED) is 0.508. The zero-order valence-electron chi connectivity index (χ0n) is 7.53. The van der Waals surface area contributed by atoms with Crippen LogP contribution in [-0.4, -0.2) is 29.1 Å². The monoisotopic (exact) mass is 185 g/mol. The predicted molar refractivity (Wildman–Crippen MR) is 53.3 cm³/mol. The van der Waals surface area contributed by atoms with Gasteiger partial charge in [0.15, 0.2) is 0 Å². The summed E-state index contributed by atoms with van der Waals surface area (Å²) >= 11 is 4.28. The van der Waals surface area contributed by atoms with Crippen molar-refractivity contribution in [2.45, 2.75) is 19.1 Å². The normalized spacial score (nSPS) is 18.8. The fourth-order valence-corrected chi connectivity index (χ4v) is 1.29. The third-order valence-corrected chi connectivity index (χ3v) is 2.83. The van der Waals surface area contributed by atoms with Gasteiger partial charge in [0.1, 0.15) is 0 Å². The van der Waals surface area contributed by atoms with E-state index in [1.165, 1.54) is 0 Å². The predicted octanol–water partition coefficient (Wildman–Crippen LogP) is 1.34. The van der Waals surface area contributed by atoms with E-state index in [4.69, 9.17) is 0 Å². The average Bonchev–Trinajstić information content (AvgIpc) is 2.53. The zero-order valence-corrected chi connectivity index (χ0v) is 8.42. The Morgan fingerprint density at radius 3 is 2.33 bits per heavy atom. The van der Waals surface area contributed by atoms with Crippen LogP contribution in [-0.2, 0) is 4.79 Å². The number of hydrogen-bond donors (Lipinski definition) is 1. The van der Waals surface area contributed by atoms with Crippen molar-refractivity contribution in [3.05, 3.63) is 12.2 Å². The summed E-state index contributed by atoms with van der Waals surface area (Å²) in [5, 5.41) is -0.148. The SMILES string of the molecule is CC(C)C(S)C(=O)N1CC=CC1. The summed E-state index contributed by atoms with van der Waals surface area (Å²) < 4.78 is 0. The molecular formula is C9H15NOS. The highest BCUT2D eigenvalue weighted by molar-refractivity contribution is 7.81. The molecule has 0 bridgehead atoms. The molecule has 0 spiro atoms. The van der Waals surface area contributed by atoms with Crippen molar-refractivity contribution in [3.8, 4) is 0 Å². The Balaban J connectivity index is 2.47. The van der Waals surface area contributed by atoms with Crippen molar-refractivity contribution < 1.29 is 4.79 Å². The molecule has 1 unspecified atom stereocenters. The van der Waals surface area contributed by atoms with Crippen LogP contribution in [0.4, 0.5) is 0 Å². The topological polar surface area (TPSA) is 20.3 Å². The molecule has 0 aromatic carbocycles. The highest BCUT2D eigenvalue weighted by atomic mass is 32.1. The lowest BCUT2D eigenvalue weighted by atomic mass is 10.1. The molecule has 0 N–H and O–H groups in total. The van der Waals surface area contributed by atoms with Crippen LogP contribution < -0.4 is 0 Å². The number of thiol groups is 1. The van der Waals surface area contributed by atoms with Crippen molar-refractivity contribution in [2.75, 3.05) is 13.1 Å². The molecule has 0 aromatic heterocycles. The zero-order chi connectivity index (χ0) is 9.14. The van der Waals surface area contributed by atoms with Crippen LogP contribution in [0, 0.1) is 5.92 Å². The fourth-order valence-electron chi connectivity index (χ4n) is 1.13. The molecular weight excluding hydrogens is 170 g/mol. The number of carbonyl (C=O) groups excluding carboxylic acids is 1. The van der Waals surface area contributed by atoms with Gasteiger partial charge in [-0.15, -0.1) is 0 Å². The molecule has 1 aliphatic heterocycles. The van der Waals surface area contributed by atoms with Crippen LogP contribution in [0.25, 0.3) is 0 Å². The number of nitrogens with zero attached hydrogens (tertiary/aromatic N) is 1. The Morgan fingerprint density at radius 1 is 1.42 bits per heavy atom. The average molecular weight is 185 g/mol. The maximum Gasteiger partial charge on any atom is 0.236 e. The molecule has 2 nitrogen and oxygen atoms in total. The van der Waals surface area contributed by atoms with Crippen molar-refractivity contribution in [2.24, 2.45) is 5.92 Å². The minimum absolute atomic E-state index is 0.148. The van der Waals surface area contributed by atoms with Gasteiger partial charge >= 0.3 is 0 Å². The lowest BCUT2D eigenvalue weighted by Crippen LogP contribution is -2.37. The Hall–Kier alpha value is -0.440. The van der Waals surface area contributed by atoms with Gasteiger partial charge in [-0.2, -0.15) is 12.6 Å². The fraction of sp³-hybridized carbons (Fsp3) is 0.667. The lowest BCUT2D eigenvalue weighted by molar-refractivity contribution is -0.129. The summed E-state index contributed by atoms with van der Waals surface area (Å²) in [5.41, 5.74) is 0. The van der Waals surface area contributed by atoms with Crippen LogP contribution >= 0.6 is 12.6 Å². The molecule has 0 fully saturated rings. The van der Waals surface area contributed by atoms with Gasteiger partial charge in [0.05, 0.1) is 5.25 Å². The Labute approximate surface area is 79.0 Å². The van der Waals surface area contributed by atoms with Gasteiger partial charge < -0.3 is 4.90 Å². The molecule has 0 radical (unpaired) electrons. The van der Waals surface area contributed by atoms with E-state index in [-0.39, 0.29) is 11.2 Å². The molecule has 1 aliphatic rings. The van der Waals surface area contributed by atoms with Crippen molar-refractivity contribution in [3.63, 3.8) is 0 Å². The van der Waals surface area contributed by atoms with E-state index in [0.29, 0.717) is 5.92 Å². The highest BCUT2D eigenvalue weighted by Gasteiger charge is 2.23. The number of carbonyl (C=O) groups is 1. The largest absolute Gasteiger partial charge is 0.334 e. The summed E-state index contributed by atoms with van der Waals surface area (Å²) in [5.74, 6) is 0.458. The van der Waals surface area contributed by atoms with Crippen LogP contribution in [0.5, 0.6) is 0 Å². The first kappa shape index (κ1) is 9.65. The molecule has 1 amide bonds. The molecule has 0 saturated carbocycles. The van der Waals surface area contributed by atoms with Gasteiger partial charge in [0.25, 0.3) is 0 Å². The van der Waals surface area contributed by atoms with Crippen LogP contribution in [0.1, 0.15) is 13.8 Å². The first-order valence-corrected chi connectivity index (χ1v) is 4.76. The molecule has 0 aromatic rings. The molecule has 1 atom stereocenters. The molecule has 0 saturated heterocycles. The molecule has 68 valence electrons. The smallest absolute Gasteiger partial charge is 0.236 e. The second-order valence-corrected chi connectivity index (χ2v) is 3.96. The summed E-state index contributed by atoms with van der Waals surface area (Å²) in [7, 11) is 0. The number of amides is 1. The lowest BCUT2D eigenvalue weighted by Gasteiger charge is -2.21. The minimum Gasteiger partial charge on any atom is -0.334 e. The van der Waals surface area contributed by atoms with E-state index in [1.807, 2.05) is 30.9 Å². The van der Waals surface area contributed by atoms with Gasteiger partial charge in [-0.1, -0.05) is 26.0 Å². The Kier molecular flexibility index (Phi) is 3.20. The molecule has 1 heterocycles. The molecule has 0 aliphatic carbocycles. The maximum absolute atomic E-state index is 11.6. The van der Waals surface area contributed by atoms with E-state index in [2.05, 4.69) is 12.6 Å². The van der Waals surface area contributed by atoms with E-state index in [9.17, 15) is 4.79 Å². The Bertz CT molecular complexity index is 189.